The smallest absolute Gasteiger partial charge is 0.336 e. The molecular weight excluding hydrogens is 302 g/mol. The minimum absolute atomic E-state index is 0.415. The standard InChI is InChI=1S/C19H27N3O2/c1-14-15(8-13-21-10-2-3-11-21)18-16(19(23)24)6-4-7-17(18)22(14)12-5-9-20/h4,6-7H,2-3,5,8-13,20H2,1H3,(H,23,24). The van der Waals surface area contributed by atoms with Gasteiger partial charge in [-0.05, 0) is 69.9 Å². The molecule has 0 spiro atoms. The number of nitrogens with two attached hydrogens (primary N) is 1. The van der Waals surface area contributed by atoms with E-state index < -0.39 is 5.97 Å². The number of aromatic carboxylic acids is 1. The lowest BCUT2D eigenvalue weighted by Crippen LogP contribution is -2.22. The van der Waals surface area contributed by atoms with Crippen molar-refractivity contribution >= 4 is 16.9 Å². The Morgan fingerprint density at radius 1 is 1.25 bits per heavy atom. The van der Waals surface area contributed by atoms with E-state index >= 15 is 0 Å². The minimum atomic E-state index is -0.848. The molecular formula is C19H27N3O2. The van der Waals surface area contributed by atoms with Gasteiger partial charge in [-0.3, -0.25) is 0 Å². The molecule has 1 aromatic carbocycles. The van der Waals surface area contributed by atoms with Crippen molar-refractivity contribution < 1.29 is 9.90 Å². The maximum atomic E-state index is 11.7. The third-order valence-electron chi connectivity index (χ3n) is 5.17. The molecule has 2 heterocycles. The van der Waals surface area contributed by atoms with E-state index in [1.165, 1.54) is 24.1 Å². The first-order valence-corrected chi connectivity index (χ1v) is 8.90. The number of carboxylic acid groups (broad SMARTS) is 1. The molecule has 1 aliphatic rings. The Balaban J connectivity index is 2.03. The molecule has 5 heteroatoms. The first kappa shape index (κ1) is 17.0. The van der Waals surface area contributed by atoms with Crippen molar-refractivity contribution in [2.45, 2.75) is 39.2 Å². The molecule has 24 heavy (non-hydrogen) atoms. The van der Waals surface area contributed by atoms with Crippen LogP contribution in [0, 0.1) is 6.92 Å². The largest absolute Gasteiger partial charge is 0.478 e. The molecule has 2 aromatic rings. The zero-order valence-electron chi connectivity index (χ0n) is 14.4. The van der Waals surface area contributed by atoms with Crippen LogP contribution in [0.25, 0.3) is 10.9 Å². The summed E-state index contributed by atoms with van der Waals surface area (Å²) >= 11 is 0. The zero-order chi connectivity index (χ0) is 17.1. The molecule has 1 aliphatic heterocycles. The number of likely N-dealkylation sites (tertiary alicyclic amines) is 1. The number of benzene rings is 1. The van der Waals surface area contributed by atoms with Gasteiger partial charge in [-0.1, -0.05) is 6.07 Å². The third kappa shape index (κ3) is 3.19. The van der Waals surface area contributed by atoms with Crippen LogP contribution in [-0.4, -0.2) is 46.7 Å². The normalized spacial score (nSPS) is 15.4. The van der Waals surface area contributed by atoms with Crippen LogP contribution in [0.2, 0.25) is 0 Å². The lowest BCUT2D eigenvalue weighted by molar-refractivity contribution is 0.0699. The van der Waals surface area contributed by atoms with Gasteiger partial charge in [0, 0.05) is 29.7 Å². The third-order valence-corrected chi connectivity index (χ3v) is 5.17. The van der Waals surface area contributed by atoms with Gasteiger partial charge in [-0.2, -0.15) is 0 Å². The molecule has 1 aromatic heterocycles. The summed E-state index contributed by atoms with van der Waals surface area (Å²) in [4.78, 5) is 14.2. The molecule has 0 atom stereocenters. The molecule has 0 unspecified atom stereocenters. The van der Waals surface area contributed by atoms with Crippen LogP contribution in [0.15, 0.2) is 18.2 Å². The Bertz CT molecular complexity index is 730. The van der Waals surface area contributed by atoms with E-state index in [0.717, 1.165) is 49.9 Å². The maximum absolute atomic E-state index is 11.7. The summed E-state index contributed by atoms with van der Waals surface area (Å²) in [6, 6.07) is 5.59. The van der Waals surface area contributed by atoms with E-state index in [1.54, 1.807) is 6.07 Å². The van der Waals surface area contributed by atoms with Crippen molar-refractivity contribution in [3.63, 3.8) is 0 Å². The second-order valence-corrected chi connectivity index (χ2v) is 6.66. The Kier molecular flexibility index (Phi) is 5.21. The van der Waals surface area contributed by atoms with Crippen molar-refractivity contribution in [3.05, 3.63) is 35.0 Å². The topological polar surface area (TPSA) is 71.5 Å². The number of nitrogens with zero attached hydrogens (tertiary/aromatic N) is 2. The average Bonchev–Trinajstić information content (AvgIpc) is 3.17. The lowest BCUT2D eigenvalue weighted by Gasteiger charge is -2.15. The lowest BCUT2D eigenvalue weighted by atomic mass is 10.0. The van der Waals surface area contributed by atoms with Gasteiger partial charge in [0.05, 0.1) is 5.56 Å². The summed E-state index contributed by atoms with van der Waals surface area (Å²) in [5.74, 6) is -0.848. The average molecular weight is 329 g/mol. The molecule has 0 amide bonds. The predicted octanol–water partition coefficient (Wildman–Crippen LogP) is 2.64. The number of rotatable bonds is 7. The van der Waals surface area contributed by atoms with Gasteiger partial charge in [-0.25, -0.2) is 4.79 Å². The van der Waals surface area contributed by atoms with Crippen LogP contribution >= 0.6 is 0 Å². The SMILES string of the molecule is Cc1c(CCN2CCCC2)c2c(C(=O)O)cccc2n1CCCN. The summed E-state index contributed by atoms with van der Waals surface area (Å²) in [6.07, 6.45) is 4.35. The highest BCUT2D eigenvalue weighted by Gasteiger charge is 2.20. The summed E-state index contributed by atoms with van der Waals surface area (Å²) in [5, 5.41) is 10.5. The highest BCUT2D eigenvalue weighted by atomic mass is 16.4. The van der Waals surface area contributed by atoms with Gasteiger partial charge < -0.3 is 20.3 Å². The number of hydrogen-bond acceptors (Lipinski definition) is 3. The molecule has 0 bridgehead atoms. The highest BCUT2D eigenvalue weighted by molar-refractivity contribution is 6.05. The number of aromatic nitrogens is 1. The highest BCUT2D eigenvalue weighted by Crippen LogP contribution is 2.30. The number of carbonyl (C=O) groups is 1. The van der Waals surface area contributed by atoms with E-state index in [1.807, 2.05) is 12.1 Å². The Hall–Kier alpha value is -1.85. The molecule has 130 valence electrons. The van der Waals surface area contributed by atoms with Gasteiger partial charge in [-0.15, -0.1) is 0 Å². The maximum Gasteiger partial charge on any atom is 0.336 e. The molecule has 5 nitrogen and oxygen atoms in total. The van der Waals surface area contributed by atoms with Gasteiger partial charge in [0.15, 0.2) is 0 Å². The molecule has 0 aliphatic carbocycles. The fourth-order valence-electron chi connectivity index (χ4n) is 3.90. The van der Waals surface area contributed by atoms with Crippen LogP contribution in [0.3, 0.4) is 0 Å². The minimum Gasteiger partial charge on any atom is -0.478 e. The fraction of sp³-hybridized carbons (Fsp3) is 0.526. The van der Waals surface area contributed by atoms with Gasteiger partial charge in [0.1, 0.15) is 0 Å². The molecule has 0 saturated carbocycles. The number of aryl methyl sites for hydroxylation is 1. The quantitative estimate of drug-likeness (QED) is 0.819. The Morgan fingerprint density at radius 3 is 2.67 bits per heavy atom. The zero-order valence-corrected chi connectivity index (χ0v) is 14.4. The van der Waals surface area contributed by atoms with Gasteiger partial charge in [0.2, 0.25) is 0 Å². The van der Waals surface area contributed by atoms with E-state index in [9.17, 15) is 9.90 Å². The summed E-state index contributed by atoms with van der Waals surface area (Å²) in [6.45, 7) is 6.92. The van der Waals surface area contributed by atoms with Crippen molar-refractivity contribution in [3.8, 4) is 0 Å². The van der Waals surface area contributed by atoms with Crippen LogP contribution in [0.5, 0.6) is 0 Å². The monoisotopic (exact) mass is 329 g/mol. The second kappa shape index (κ2) is 7.36. The van der Waals surface area contributed by atoms with Crippen LogP contribution in [-0.2, 0) is 13.0 Å². The first-order valence-electron chi connectivity index (χ1n) is 8.90. The van der Waals surface area contributed by atoms with E-state index in [0.29, 0.717) is 12.1 Å². The van der Waals surface area contributed by atoms with Crippen LogP contribution < -0.4 is 5.73 Å². The van der Waals surface area contributed by atoms with Crippen molar-refractivity contribution in [1.82, 2.24) is 9.47 Å². The van der Waals surface area contributed by atoms with Crippen LogP contribution in [0.1, 0.15) is 40.9 Å². The van der Waals surface area contributed by atoms with Crippen molar-refractivity contribution in [2.75, 3.05) is 26.2 Å². The fourth-order valence-corrected chi connectivity index (χ4v) is 3.90. The number of hydrogen-bond donors (Lipinski definition) is 2. The van der Waals surface area contributed by atoms with Crippen LogP contribution in [0.4, 0.5) is 0 Å². The number of carboxylic acids is 1. The number of fused-ring (bicyclic) bond motifs is 1. The molecule has 0 radical (unpaired) electrons. The van der Waals surface area contributed by atoms with Crippen molar-refractivity contribution in [1.29, 1.82) is 0 Å². The second-order valence-electron chi connectivity index (χ2n) is 6.66. The molecule has 3 rings (SSSR count). The van der Waals surface area contributed by atoms with Crippen molar-refractivity contribution in [2.24, 2.45) is 5.73 Å². The van der Waals surface area contributed by atoms with Gasteiger partial charge in [0.25, 0.3) is 0 Å². The first-order chi connectivity index (χ1) is 11.6. The molecule has 3 N–H and O–H groups in total. The Labute approximate surface area is 143 Å². The Morgan fingerprint density at radius 2 is 2.00 bits per heavy atom. The summed E-state index contributed by atoms with van der Waals surface area (Å²) in [7, 11) is 0. The van der Waals surface area contributed by atoms with E-state index in [2.05, 4.69) is 16.4 Å². The van der Waals surface area contributed by atoms with E-state index in [-0.39, 0.29) is 0 Å². The molecule has 1 saturated heterocycles. The van der Waals surface area contributed by atoms with Gasteiger partial charge >= 0.3 is 5.97 Å². The predicted molar refractivity (Wildman–Crippen MR) is 96.7 cm³/mol. The molecule has 1 fully saturated rings. The van der Waals surface area contributed by atoms with E-state index in [4.69, 9.17) is 5.73 Å². The summed E-state index contributed by atoms with van der Waals surface area (Å²) < 4.78 is 2.24. The summed E-state index contributed by atoms with van der Waals surface area (Å²) in [5.41, 5.74) is 9.50.